The third kappa shape index (κ3) is 4.39. The standard InChI is InChI=1S/C24H21N9O2S/c34-23(25-10-13-1-2-16-11-28-36-21(16)7-13)19-9-20(27-12-26-19)24(35)29-18-6-4-14-8-15(3-5-17(14)18)22-30-32-33-31-22/h1-3,5,7-9,11-12,18,22H,4,6,10H2,(H,25,34)(H,29,35)(H,30,33)(H,31,32)/t18-/m1/s1. The van der Waals surface area contributed by atoms with E-state index >= 15 is 0 Å². The van der Waals surface area contributed by atoms with E-state index in [9.17, 15) is 9.59 Å². The summed E-state index contributed by atoms with van der Waals surface area (Å²) in [5, 5.41) is 14.8. The Morgan fingerprint density at radius 2 is 1.94 bits per heavy atom. The number of nitrogens with one attached hydrogen (secondary N) is 4. The summed E-state index contributed by atoms with van der Waals surface area (Å²) < 4.78 is 5.23. The third-order valence-electron chi connectivity index (χ3n) is 6.30. The highest BCUT2D eigenvalue weighted by Gasteiger charge is 2.26. The summed E-state index contributed by atoms with van der Waals surface area (Å²) in [6.45, 7) is 0.340. The number of hydrazine groups is 1. The number of nitrogens with zero attached hydrogens (tertiary/aromatic N) is 5. The smallest absolute Gasteiger partial charge is 0.270 e. The molecule has 0 spiro atoms. The van der Waals surface area contributed by atoms with Crippen molar-refractivity contribution in [3.63, 3.8) is 0 Å². The maximum absolute atomic E-state index is 13.0. The number of benzene rings is 2. The van der Waals surface area contributed by atoms with Crippen molar-refractivity contribution in [3.8, 4) is 0 Å². The minimum atomic E-state index is -0.373. The summed E-state index contributed by atoms with van der Waals surface area (Å²) in [6.07, 6.45) is 4.46. The van der Waals surface area contributed by atoms with Crippen molar-refractivity contribution >= 4 is 33.4 Å². The van der Waals surface area contributed by atoms with Crippen molar-refractivity contribution in [2.45, 2.75) is 31.6 Å². The van der Waals surface area contributed by atoms with Gasteiger partial charge in [-0.3, -0.25) is 9.59 Å². The minimum Gasteiger partial charge on any atom is -0.347 e. The van der Waals surface area contributed by atoms with Gasteiger partial charge in [-0.1, -0.05) is 35.6 Å². The van der Waals surface area contributed by atoms with Crippen LogP contribution >= 0.6 is 11.5 Å². The molecule has 4 N–H and O–H groups in total. The van der Waals surface area contributed by atoms with E-state index in [0.29, 0.717) is 6.54 Å². The minimum absolute atomic E-state index is 0.133. The number of carbonyl (C=O) groups excluding carboxylic acids is 2. The van der Waals surface area contributed by atoms with E-state index in [1.165, 1.54) is 29.5 Å². The van der Waals surface area contributed by atoms with Crippen LogP contribution < -0.4 is 21.6 Å². The molecule has 3 heterocycles. The van der Waals surface area contributed by atoms with Crippen molar-refractivity contribution < 1.29 is 9.59 Å². The van der Waals surface area contributed by atoms with E-state index in [4.69, 9.17) is 0 Å². The molecule has 0 bridgehead atoms. The zero-order chi connectivity index (χ0) is 24.5. The van der Waals surface area contributed by atoms with Crippen LogP contribution in [0.2, 0.25) is 0 Å². The summed E-state index contributed by atoms with van der Waals surface area (Å²) in [4.78, 5) is 33.8. The molecule has 2 aliphatic rings. The fourth-order valence-corrected chi connectivity index (χ4v) is 5.15. The molecular weight excluding hydrogens is 478 g/mol. The lowest BCUT2D eigenvalue weighted by Gasteiger charge is -2.15. The quantitative estimate of drug-likeness (QED) is 0.319. The maximum Gasteiger partial charge on any atom is 0.270 e. The van der Waals surface area contributed by atoms with Crippen LogP contribution in [0.3, 0.4) is 0 Å². The molecule has 180 valence electrons. The van der Waals surface area contributed by atoms with Crippen molar-refractivity contribution in [2.24, 2.45) is 10.3 Å². The number of hydrogen-bond acceptors (Lipinski definition) is 10. The van der Waals surface area contributed by atoms with Gasteiger partial charge in [0.1, 0.15) is 17.7 Å². The van der Waals surface area contributed by atoms with Crippen molar-refractivity contribution in [1.82, 2.24) is 35.9 Å². The first-order chi connectivity index (χ1) is 17.6. The van der Waals surface area contributed by atoms with E-state index in [0.717, 1.165) is 39.6 Å². The fraction of sp³-hybridized carbons (Fsp3) is 0.208. The van der Waals surface area contributed by atoms with Crippen LogP contribution in [0, 0.1) is 0 Å². The average Bonchev–Trinajstić information content (AvgIpc) is 3.68. The maximum atomic E-state index is 13.0. The summed E-state index contributed by atoms with van der Waals surface area (Å²) in [5.41, 5.74) is 10.1. The molecule has 6 rings (SSSR count). The van der Waals surface area contributed by atoms with Crippen LogP contribution in [0.25, 0.3) is 10.1 Å². The Morgan fingerprint density at radius 1 is 1.06 bits per heavy atom. The number of carbonyl (C=O) groups is 2. The highest BCUT2D eigenvalue weighted by Crippen LogP contribution is 2.33. The monoisotopic (exact) mass is 499 g/mol. The first-order valence-corrected chi connectivity index (χ1v) is 12.2. The van der Waals surface area contributed by atoms with Gasteiger partial charge in [-0.2, -0.15) is 9.80 Å². The molecule has 4 aromatic rings. The van der Waals surface area contributed by atoms with E-state index in [2.05, 4.69) is 52.3 Å². The molecule has 1 aliphatic carbocycles. The molecule has 2 amide bonds. The van der Waals surface area contributed by atoms with E-state index in [-0.39, 0.29) is 35.4 Å². The Bertz CT molecular complexity index is 1500. The Hall–Kier alpha value is -4.29. The number of aryl methyl sites for hydroxylation is 1. The third-order valence-corrected chi connectivity index (χ3v) is 7.06. The first-order valence-electron chi connectivity index (χ1n) is 11.4. The van der Waals surface area contributed by atoms with E-state index in [1.807, 2.05) is 36.5 Å². The Morgan fingerprint density at radius 3 is 2.81 bits per heavy atom. The summed E-state index contributed by atoms with van der Waals surface area (Å²) in [7, 11) is 0. The van der Waals surface area contributed by atoms with Crippen LogP contribution in [0.1, 0.15) is 61.9 Å². The van der Waals surface area contributed by atoms with Gasteiger partial charge in [0.2, 0.25) is 0 Å². The second-order valence-corrected chi connectivity index (χ2v) is 9.40. The topological polar surface area (TPSA) is 146 Å². The average molecular weight is 500 g/mol. The SMILES string of the molecule is O=C(NCc1ccc2cnsc2c1)c1cc(C(=O)N[C@@H]2CCc3cc(C4N=NNN4)ccc32)ncn1. The van der Waals surface area contributed by atoms with Gasteiger partial charge in [-0.15, -0.1) is 5.11 Å². The van der Waals surface area contributed by atoms with Crippen molar-refractivity contribution in [3.05, 3.63) is 88.6 Å². The molecule has 2 atom stereocenters. The van der Waals surface area contributed by atoms with Crippen molar-refractivity contribution in [1.29, 1.82) is 0 Å². The van der Waals surface area contributed by atoms with Gasteiger partial charge in [0, 0.05) is 24.2 Å². The number of aromatic nitrogens is 3. The second-order valence-electron chi connectivity index (χ2n) is 8.57. The lowest BCUT2D eigenvalue weighted by molar-refractivity contribution is 0.0931. The van der Waals surface area contributed by atoms with Gasteiger partial charge < -0.3 is 10.6 Å². The van der Waals surface area contributed by atoms with Crippen molar-refractivity contribution in [2.75, 3.05) is 0 Å². The largest absolute Gasteiger partial charge is 0.347 e. The molecule has 12 heteroatoms. The molecule has 1 unspecified atom stereocenters. The molecule has 0 radical (unpaired) electrons. The fourth-order valence-electron chi connectivity index (χ4n) is 4.44. The van der Waals surface area contributed by atoms with Gasteiger partial charge in [-0.05, 0) is 52.7 Å². The zero-order valence-electron chi connectivity index (χ0n) is 18.9. The number of rotatable bonds is 6. The second kappa shape index (κ2) is 9.40. The number of amides is 2. The Kier molecular flexibility index (Phi) is 5.79. The number of fused-ring (bicyclic) bond motifs is 2. The molecule has 11 nitrogen and oxygen atoms in total. The summed E-state index contributed by atoms with van der Waals surface area (Å²) in [6, 6.07) is 13.3. The van der Waals surface area contributed by atoms with Crippen LogP contribution in [0.4, 0.5) is 0 Å². The molecule has 2 aromatic carbocycles. The van der Waals surface area contributed by atoms with Gasteiger partial charge in [-0.25, -0.2) is 15.5 Å². The normalized spacial score (nSPS) is 18.1. The van der Waals surface area contributed by atoms with Crippen LogP contribution in [0.15, 0.2) is 65.3 Å². The lowest BCUT2D eigenvalue weighted by atomic mass is 10.0. The molecule has 0 saturated carbocycles. The van der Waals surface area contributed by atoms with Gasteiger partial charge in [0.15, 0.2) is 6.17 Å². The zero-order valence-corrected chi connectivity index (χ0v) is 19.7. The van der Waals surface area contributed by atoms with Gasteiger partial charge >= 0.3 is 0 Å². The van der Waals surface area contributed by atoms with Crippen LogP contribution in [-0.2, 0) is 13.0 Å². The Balaban J connectivity index is 1.10. The lowest BCUT2D eigenvalue weighted by Crippen LogP contribution is -2.29. The van der Waals surface area contributed by atoms with Crippen LogP contribution in [0.5, 0.6) is 0 Å². The highest BCUT2D eigenvalue weighted by atomic mass is 32.1. The highest BCUT2D eigenvalue weighted by molar-refractivity contribution is 7.13. The predicted octanol–water partition coefficient (Wildman–Crippen LogP) is 2.91. The number of hydrogen-bond donors (Lipinski definition) is 4. The molecule has 0 saturated heterocycles. The molecule has 1 aliphatic heterocycles. The molecular formula is C24H21N9O2S. The molecule has 2 aromatic heterocycles. The molecule has 0 fully saturated rings. The van der Waals surface area contributed by atoms with Crippen LogP contribution in [-0.4, -0.2) is 26.2 Å². The van der Waals surface area contributed by atoms with E-state index < -0.39 is 0 Å². The van der Waals surface area contributed by atoms with E-state index in [1.54, 1.807) is 0 Å². The summed E-state index contributed by atoms with van der Waals surface area (Å²) >= 11 is 1.41. The van der Waals surface area contributed by atoms with Gasteiger partial charge in [0.25, 0.3) is 11.8 Å². The molecule has 36 heavy (non-hydrogen) atoms. The predicted molar refractivity (Wildman–Crippen MR) is 132 cm³/mol. The Labute approximate surface area is 209 Å². The first kappa shape index (κ1) is 22.2. The van der Waals surface area contributed by atoms with Gasteiger partial charge in [0.05, 0.1) is 10.7 Å². The summed E-state index contributed by atoms with van der Waals surface area (Å²) in [5.74, 6) is -0.721.